The van der Waals surface area contributed by atoms with Crippen LogP contribution in [-0.2, 0) is 0 Å². The van der Waals surface area contributed by atoms with Crippen LogP contribution in [0.5, 0.6) is 0 Å². The number of aromatic nitrogens is 1. The second-order valence-corrected chi connectivity index (χ2v) is 6.21. The Morgan fingerprint density at radius 3 is 2.63 bits per heavy atom. The van der Waals surface area contributed by atoms with Crippen LogP contribution < -0.4 is 0 Å². The van der Waals surface area contributed by atoms with Crippen LogP contribution in [0, 0.1) is 0 Å². The van der Waals surface area contributed by atoms with Gasteiger partial charge in [-0.05, 0) is 42.7 Å². The number of pyridine rings is 1. The van der Waals surface area contributed by atoms with E-state index in [2.05, 4.69) is 26.0 Å². The summed E-state index contributed by atoms with van der Waals surface area (Å²) >= 11 is 0. The molecule has 2 atom stereocenters. The Morgan fingerprint density at radius 1 is 1.11 bits per heavy atom. The van der Waals surface area contributed by atoms with Gasteiger partial charge in [-0.2, -0.15) is 0 Å². The summed E-state index contributed by atoms with van der Waals surface area (Å²) in [5, 5.41) is 0. The van der Waals surface area contributed by atoms with Gasteiger partial charge in [0.25, 0.3) is 0 Å². The van der Waals surface area contributed by atoms with E-state index in [0.29, 0.717) is 5.92 Å². The fraction of sp³-hybridized carbons (Fsp3) is 0.722. The van der Waals surface area contributed by atoms with E-state index >= 15 is 0 Å². The molecule has 19 heavy (non-hydrogen) atoms. The summed E-state index contributed by atoms with van der Waals surface area (Å²) in [4.78, 5) is 4.74. The fourth-order valence-corrected chi connectivity index (χ4v) is 3.50. The highest BCUT2D eigenvalue weighted by Gasteiger charge is 2.19. The van der Waals surface area contributed by atoms with E-state index in [1.807, 2.05) is 6.20 Å². The first-order chi connectivity index (χ1) is 9.33. The molecular formula is C18H29N. The average Bonchev–Trinajstić information content (AvgIpc) is 2.47. The predicted octanol–water partition coefficient (Wildman–Crippen LogP) is 5.81. The molecule has 0 amide bonds. The van der Waals surface area contributed by atoms with Gasteiger partial charge in [-0.25, -0.2) is 0 Å². The number of nitrogens with zero attached hydrogens (tertiary/aromatic N) is 1. The molecule has 1 heterocycles. The molecule has 0 saturated carbocycles. The van der Waals surface area contributed by atoms with Crippen molar-refractivity contribution in [3.8, 4) is 0 Å². The van der Waals surface area contributed by atoms with Crippen LogP contribution in [-0.4, -0.2) is 4.98 Å². The van der Waals surface area contributed by atoms with E-state index in [1.54, 1.807) is 5.56 Å². The van der Waals surface area contributed by atoms with Gasteiger partial charge in [-0.1, -0.05) is 58.4 Å². The molecule has 0 aliphatic heterocycles. The summed E-state index contributed by atoms with van der Waals surface area (Å²) in [6.07, 6.45) is 14.3. The fourth-order valence-electron chi connectivity index (χ4n) is 3.50. The molecule has 0 fully saturated rings. The van der Waals surface area contributed by atoms with Gasteiger partial charge >= 0.3 is 0 Å². The van der Waals surface area contributed by atoms with E-state index in [4.69, 9.17) is 4.98 Å². The van der Waals surface area contributed by atoms with E-state index in [1.165, 1.54) is 63.5 Å². The lowest BCUT2D eigenvalue weighted by Gasteiger charge is -2.21. The Labute approximate surface area is 118 Å². The van der Waals surface area contributed by atoms with E-state index in [0.717, 1.165) is 5.92 Å². The Hall–Kier alpha value is -0.850. The summed E-state index contributed by atoms with van der Waals surface area (Å²) < 4.78 is 0. The Morgan fingerprint density at radius 2 is 1.84 bits per heavy atom. The minimum absolute atomic E-state index is 0.633. The summed E-state index contributed by atoms with van der Waals surface area (Å²) in [7, 11) is 0. The van der Waals surface area contributed by atoms with Crippen LogP contribution in [0.4, 0.5) is 0 Å². The minimum Gasteiger partial charge on any atom is -0.261 e. The van der Waals surface area contributed by atoms with Crippen molar-refractivity contribution in [2.45, 2.75) is 83.5 Å². The third-order valence-corrected chi connectivity index (χ3v) is 4.60. The first-order valence-electron chi connectivity index (χ1n) is 8.27. The maximum Gasteiger partial charge on any atom is 0.0466 e. The van der Waals surface area contributed by atoms with Gasteiger partial charge in [-0.3, -0.25) is 4.98 Å². The largest absolute Gasteiger partial charge is 0.261 e. The third-order valence-electron chi connectivity index (χ3n) is 4.60. The first kappa shape index (κ1) is 14.6. The highest BCUT2D eigenvalue weighted by Crippen LogP contribution is 2.34. The monoisotopic (exact) mass is 259 g/mol. The number of hydrogen-bond donors (Lipinski definition) is 0. The molecule has 0 N–H and O–H groups in total. The topological polar surface area (TPSA) is 12.9 Å². The summed E-state index contributed by atoms with van der Waals surface area (Å²) in [6, 6.07) is 4.48. The van der Waals surface area contributed by atoms with Crippen molar-refractivity contribution in [1.82, 2.24) is 4.98 Å². The van der Waals surface area contributed by atoms with Crippen molar-refractivity contribution >= 4 is 0 Å². The molecule has 1 aliphatic rings. The lowest BCUT2D eigenvalue weighted by molar-refractivity contribution is 0.515. The molecule has 0 saturated heterocycles. The Bertz CT molecular complexity index is 372. The van der Waals surface area contributed by atoms with Gasteiger partial charge < -0.3 is 0 Å². The van der Waals surface area contributed by atoms with Crippen molar-refractivity contribution in [2.75, 3.05) is 0 Å². The maximum absolute atomic E-state index is 4.74. The summed E-state index contributed by atoms with van der Waals surface area (Å²) in [6.45, 7) is 4.68. The van der Waals surface area contributed by atoms with Gasteiger partial charge in [0, 0.05) is 11.9 Å². The van der Waals surface area contributed by atoms with Crippen LogP contribution in [0.25, 0.3) is 0 Å². The highest BCUT2D eigenvalue weighted by molar-refractivity contribution is 5.27. The van der Waals surface area contributed by atoms with E-state index in [-0.39, 0.29) is 0 Å². The quantitative estimate of drug-likeness (QED) is 0.652. The van der Waals surface area contributed by atoms with Crippen LogP contribution in [0.1, 0.15) is 94.7 Å². The van der Waals surface area contributed by atoms with Gasteiger partial charge in [-0.15, -0.1) is 0 Å². The van der Waals surface area contributed by atoms with Crippen LogP contribution >= 0.6 is 0 Å². The third kappa shape index (κ3) is 4.06. The molecule has 2 unspecified atom stereocenters. The van der Waals surface area contributed by atoms with Crippen molar-refractivity contribution in [1.29, 1.82) is 0 Å². The molecule has 1 aliphatic carbocycles. The van der Waals surface area contributed by atoms with Crippen molar-refractivity contribution in [2.24, 2.45) is 0 Å². The SMILES string of the molecule is CCCC1CCCCCCCC(C)c2ncccc21. The Kier molecular flexibility index (Phi) is 5.88. The number of fused-ring (bicyclic) bond motifs is 1. The molecule has 0 spiro atoms. The first-order valence-corrected chi connectivity index (χ1v) is 8.27. The zero-order valence-electron chi connectivity index (χ0n) is 12.7. The van der Waals surface area contributed by atoms with Crippen molar-refractivity contribution in [3.05, 3.63) is 29.6 Å². The maximum atomic E-state index is 4.74. The van der Waals surface area contributed by atoms with Gasteiger partial charge in [0.2, 0.25) is 0 Å². The second kappa shape index (κ2) is 7.67. The van der Waals surface area contributed by atoms with E-state index < -0.39 is 0 Å². The number of rotatable bonds is 2. The van der Waals surface area contributed by atoms with Gasteiger partial charge in [0.1, 0.15) is 0 Å². The smallest absolute Gasteiger partial charge is 0.0466 e. The van der Waals surface area contributed by atoms with Crippen molar-refractivity contribution < 1.29 is 0 Å². The van der Waals surface area contributed by atoms with Crippen molar-refractivity contribution in [3.63, 3.8) is 0 Å². The molecule has 0 aromatic carbocycles. The zero-order chi connectivity index (χ0) is 13.5. The molecule has 1 aromatic heterocycles. The predicted molar refractivity (Wildman–Crippen MR) is 82.6 cm³/mol. The van der Waals surface area contributed by atoms with Gasteiger partial charge in [0.05, 0.1) is 0 Å². The highest BCUT2D eigenvalue weighted by atomic mass is 14.7. The normalized spacial score (nSPS) is 25.4. The molecule has 1 heteroatoms. The molecule has 106 valence electrons. The summed E-state index contributed by atoms with van der Waals surface area (Å²) in [5.74, 6) is 1.38. The standard InChI is InChI=1S/C18H29N/c1-3-10-16-12-8-6-4-5-7-11-15(2)18-17(16)13-9-14-19-18/h9,13-16H,3-8,10-12H2,1-2H3. The second-order valence-electron chi connectivity index (χ2n) is 6.21. The molecule has 1 nitrogen and oxygen atoms in total. The Balaban J connectivity index is 2.26. The lowest BCUT2D eigenvalue weighted by Crippen LogP contribution is -2.07. The van der Waals surface area contributed by atoms with Crippen LogP contribution in [0.15, 0.2) is 18.3 Å². The summed E-state index contributed by atoms with van der Waals surface area (Å²) in [5.41, 5.74) is 2.95. The lowest BCUT2D eigenvalue weighted by atomic mass is 9.85. The molecule has 0 radical (unpaired) electrons. The molecule has 2 rings (SSSR count). The minimum atomic E-state index is 0.633. The molecule has 1 aromatic rings. The van der Waals surface area contributed by atoms with Crippen LogP contribution in [0.2, 0.25) is 0 Å². The van der Waals surface area contributed by atoms with Crippen LogP contribution in [0.3, 0.4) is 0 Å². The number of hydrogen-bond acceptors (Lipinski definition) is 1. The van der Waals surface area contributed by atoms with Gasteiger partial charge in [0.15, 0.2) is 0 Å². The zero-order valence-corrected chi connectivity index (χ0v) is 12.7. The molecule has 0 bridgehead atoms. The molecular weight excluding hydrogens is 230 g/mol. The average molecular weight is 259 g/mol. The van der Waals surface area contributed by atoms with E-state index in [9.17, 15) is 0 Å².